The Morgan fingerprint density at radius 3 is 2.37 bits per heavy atom. The van der Waals surface area contributed by atoms with Crippen LogP contribution in [0.4, 0.5) is 13.2 Å². The van der Waals surface area contributed by atoms with Gasteiger partial charge in [0.1, 0.15) is 0 Å². The number of benzene rings is 1. The van der Waals surface area contributed by atoms with Crippen LogP contribution in [0.2, 0.25) is 0 Å². The smallest absolute Gasteiger partial charge is 0.442 e. The Labute approximate surface area is 108 Å². The molecular formula is C12H14F3NO3. The summed E-state index contributed by atoms with van der Waals surface area (Å²) in [5.74, 6) is -1.77. The fraction of sp³-hybridized carbons (Fsp3) is 0.417. The maximum Gasteiger partial charge on any atom is 0.442 e. The minimum atomic E-state index is -5.17. The number of carbonyl (C=O) groups is 1. The van der Waals surface area contributed by atoms with Crippen molar-refractivity contribution in [3.63, 3.8) is 0 Å². The Hall–Kier alpha value is -1.60. The molecule has 0 heterocycles. The zero-order chi connectivity index (χ0) is 14.5. The van der Waals surface area contributed by atoms with Crippen molar-refractivity contribution < 1.29 is 27.8 Å². The van der Waals surface area contributed by atoms with E-state index in [1.807, 2.05) is 0 Å². The van der Waals surface area contributed by atoms with Gasteiger partial charge in [0.15, 0.2) is 0 Å². The average molecular weight is 277 g/mol. The maximum atomic E-state index is 12.8. The molecule has 1 aromatic carbocycles. The molecule has 106 valence electrons. The molecule has 0 spiro atoms. The van der Waals surface area contributed by atoms with Crippen LogP contribution in [0.5, 0.6) is 0 Å². The molecule has 0 aliphatic rings. The molecule has 0 bridgehead atoms. The highest BCUT2D eigenvalue weighted by Crippen LogP contribution is 2.29. The number of nitrogens with one attached hydrogen (secondary N) is 1. The quantitative estimate of drug-likeness (QED) is 0.634. The molecule has 0 aliphatic carbocycles. The molecule has 0 aromatic heterocycles. The van der Waals surface area contributed by atoms with Gasteiger partial charge in [0.2, 0.25) is 0 Å². The number of carbonyl (C=O) groups excluding carboxylic acids is 1. The summed E-state index contributed by atoms with van der Waals surface area (Å²) in [6, 6.07) is 8.09. The molecule has 1 rings (SSSR count). The lowest BCUT2D eigenvalue weighted by atomic mass is 10.1. The average Bonchev–Trinajstić information content (AvgIpc) is 2.36. The van der Waals surface area contributed by atoms with Gasteiger partial charge in [-0.05, 0) is 12.5 Å². The first kappa shape index (κ1) is 15.5. The van der Waals surface area contributed by atoms with Crippen LogP contribution in [0.3, 0.4) is 0 Å². The van der Waals surface area contributed by atoms with Crippen molar-refractivity contribution in [2.75, 3.05) is 6.61 Å². The molecule has 0 saturated carbocycles. The standard InChI is InChI=1S/C12H14F3NO3/c1-2-19-10(17)11(18,12(13,14)15)16-8-9-6-4-3-5-7-9/h3-7,16,18H,2,8H2,1H3. The molecule has 7 heteroatoms. The lowest BCUT2D eigenvalue weighted by Gasteiger charge is -2.28. The Kier molecular flexibility index (Phi) is 4.90. The molecule has 0 radical (unpaired) electrons. The fourth-order valence-electron chi connectivity index (χ4n) is 1.35. The van der Waals surface area contributed by atoms with E-state index in [-0.39, 0.29) is 13.2 Å². The van der Waals surface area contributed by atoms with Crippen molar-refractivity contribution in [2.45, 2.75) is 25.4 Å². The minimum absolute atomic E-state index is 0.260. The van der Waals surface area contributed by atoms with Crippen molar-refractivity contribution in [1.29, 1.82) is 0 Å². The van der Waals surface area contributed by atoms with Gasteiger partial charge in [0.05, 0.1) is 6.61 Å². The molecule has 1 unspecified atom stereocenters. The number of aliphatic hydroxyl groups is 1. The molecule has 1 aromatic rings. The number of halogens is 3. The van der Waals surface area contributed by atoms with Gasteiger partial charge in [-0.2, -0.15) is 13.2 Å². The first-order valence-electron chi connectivity index (χ1n) is 5.56. The van der Waals surface area contributed by atoms with Gasteiger partial charge in [-0.25, -0.2) is 4.79 Å². The highest BCUT2D eigenvalue weighted by molar-refractivity contribution is 5.79. The van der Waals surface area contributed by atoms with Crippen LogP contribution < -0.4 is 5.32 Å². The second-order valence-corrected chi connectivity index (χ2v) is 3.77. The fourth-order valence-corrected chi connectivity index (χ4v) is 1.35. The van der Waals surface area contributed by atoms with Crippen molar-refractivity contribution >= 4 is 5.97 Å². The van der Waals surface area contributed by atoms with Crippen LogP contribution in [0.15, 0.2) is 30.3 Å². The predicted molar refractivity (Wildman–Crippen MR) is 60.9 cm³/mol. The Morgan fingerprint density at radius 2 is 1.89 bits per heavy atom. The topological polar surface area (TPSA) is 58.6 Å². The molecule has 1 atom stereocenters. The van der Waals surface area contributed by atoms with Crippen LogP contribution >= 0.6 is 0 Å². The summed E-state index contributed by atoms with van der Waals surface area (Å²) < 4.78 is 42.6. The third kappa shape index (κ3) is 3.68. The monoisotopic (exact) mass is 277 g/mol. The van der Waals surface area contributed by atoms with E-state index in [2.05, 4.69) is 4.74 Å². The van der Waals surface area contributed by atoms with E-state index in [1.54, 1.807) is 35.6 Å². The lowest BCUT2D eigenvalue weighted by molar-refractivity contribution is -0.273. The highest BCUT2D eigenvalue weighted by atomic mass is 19.4. The van der Waals surface area contributed by atoms with E-state index in [1.165, 1.54) is 6.92 Å². The summed E-state index contributed by atoms with van der Waals surface area (Å²) in [4.78, 5) is 11.3. The van der Waals surface area contributed by atoms with Gasteiger partial charge in [-0.3, -0.25) is 5.32 Å². The summed E-state index contributed by atoms with van der Waals surface area (Å²) in [5.41, 5.74) is -3.21. The molecule has 0 saturated heterocycles. The lowest BCUT2D eigenvalue weighted by Crippen LogP contribution is -2.62. The largest absolute Gasteiger partial charge is 0.463 e. The molecule has 0 aliphatic heterocycles. The van der Waals surface area contributed by atoms with E-state index in [4.69, 9.17) is 0 Å². The summed E-state index contributed by atoms with van der Waals surface area (Å²) in [5, 5.41) is 11.3. The van der Waals surface area contributed by atoms with Gasteiger partial charge in [0, 0.05) is 6.54 Å². The number of esters is 1. The van der Waals surface area contributed by atoms with Gasteiger partial charge in [-0.15, -0.1) is 0 Å². The zero-order valence-electron chi connectivity index (χ0n) is 10.2. The van der Waals surface area contributed by atoms with Gasteiger partial charge >= 0.3 is 17.9 Å². The minimum Gasteiger partial charge on any atom is -0.463 e. The van der Waals surface area contributed by atoms with Crippen LogP contribution in [0, 0.1) is 0 Å². The first-order valence-corrected chi connectivity index (χ1v) is 5.56. The van der Waals surface area contributed by atoms with Crippen molar-refractivity contribution in [1.82, 2.24) is 5.32 Å². The molecule has 2 N–H and O–H groups in total. The van der Waals surface area contributed by atoms with Gasteiger partial charge in [0.25, 0.3) is 0 Å². The maximum absolute atomic E-state index is 12.8. The summed E-state index contributed by atoms with van der Waals surface area (Å²) in [6.45, 7) is 0.770. The molecule has 0 amide bonds. The van der Waals surface area contributed by atoms with E-state index in [9.17, 15) is 23.1 Å². The summed E-state index contributed by atoms with van der Waals surface area (Å²) in [6.07, 6.45) is -5.17. The van der Waals surface area contributed by atoms with Crippen LogP contribution in [0.1, 0.15) is 12.5 Å². The van der Waals surface area contributed by atoms with Crippen LogP contribution in [-0.2, 0) is 16.1 Å². The van der Waals surface area contributed by atoms with Crippen molar-refractivity contribution in [3.05, 3.63) is 35.9 Å². The SMILES string of the molecule is CCOC(=O)C(O)(NCc1ccccc1)C(F)(F)F. The second kappa shape index (κ2) is 6.03. The van der Waals surface area contributed by atoms with Gasteiger partial charge < -0.3 is 9.84 Å². The van der Waals surface area contributed by atoms with E-state index in [0.717, 1.165) is 0 Å². The third-order valence-corrected chi connectivity index (χ3v) is 2.37. The summed E-state index contributed by atoms with van der Waals surface area (Å²) >= 11 is 0. The number of rotatable bonds is 5. The normalized spacial score (nSPS) is 14.8. The molecular weight excluding hydrogens is 263 g/mol. The number of hydrogen-bond donors (Lipinski definition) is 2. The van der Waals surface area contributed by atoms with E-state index in [0.29, 0.717) is 5.56 Å². The third-order valence-electron chi connectivity index (χ3n) is 2.37. The Morgan fingerprint density at radius 1 is 1.32 bits per heavy atom. The second-order valence-electron chi connectivity index (χ2n) is 3.77. The van der Waals surface area contributed by atoms with Crippen molar-refractivity contribution in [2.24, 2.45) is 0 Å². The molecule has 0 fully saturated rings. The van der Waals surface area contributed by atoms with E-state index < -0.39 is 17.9 Å². The summed E-state index contributed by atoms with van der Waals surface area (Å²) in [7, 11) is 0. The predicted octanol–water partition coefficient (Wildman–Crippen LogP) is 1.59. The number of ether oxygens (including phenoxy) is 1. The van der Waals surface area contributed by atoms with Crippen molar-refractivity contribution in [3.8, 4) is 0 Å². The Bertz CT molecular complexity index is 422. The van der Waals surface area contributed by atoms with E-state index >= 15 is 0 Å². The van der Waals surface area contributed by atoms with Gasteiger partial charge in [-0.1, -0.05) is 30.3 Å². The zero-order valence-corrected chi connectivity index (χ0v) is 10.2. The van der Waals surface area contributed by atoms with Crippen LogP contribution in [-0.4, -0.2) is 29.6 Å². The number of alkyl halides is 3. The highest BCUT2D eigenvalue weighted by Gasteiger charge is 2.61. The first-order chi connectivity index (χ1) is 8.81. The van der Waals surface area contributed by atoms with Crippen LogP contribution in [0.25, 0.3) is 0 Å². The molecule has 4 nitrogen and oxygen atoms in total. The number of hydrogen-bond acceptors (Lipinski definition) is 4. The molecule has 19 heavy (non-hydrogen) atoms. The Balaban J connectivity index is 2.84.